The van der Waals surface area contributed by atoms with E-state index in [1.807, 2.05) is 43.3 Å². The second-order valence-electron chi connectivity index (χ2n) is 7.97. The highest BCUT2D eigenvalue weighted by molar-refractivity contribution is 5.96. The minimum Gasteiger partial charge on any atom is -0.444 e. The van der Waals surface area contributed by atoms with Gasteiger partial charge in [-0.1, -0.05) is 60.7 Å². The molecule has 0 spiro atoms. The van der Waals surface area contributed by atoms with Gasteiger partial charge in [-0.15, -0.1) is 0 Å². The fourth-order valence-corrected chi connectivity index (χ4v) is 4.41. The number of rotatable bonds is 3. The monoisotopic (exact) mass is 398 g/mol. The molecule has 0 aliphatic carbocycles. The van der Waals surface area contributed by atoms with E-state index in [1.54, 1.807) is 6.07 Å². The van der Waals surface area contributed by atoms with Gasteiger partial charge in [0.1, 0.15) is 23.9 Å². The normalized spacial score (nSPS) is 16.7. The van der Waals surface area contributed by atoms with E-state index in [1.165, 1.54) is 10.5 Å². The molecule has 30 heavy (non-hydrogen) atoms. The van der Waals surface area contributed by atoms with E-state index in [0.717, 1.165) is 39.9 Å². The van der Waals surface area contributed by atoms with Crippen molar-refractivity contribution >= 4 is 11.0 Å². The Bertz CT molecular complexity index is 1260. The van der Waals surface area contributed by atoms with Crippen LogP contribution >= 0.6 is 0 Å². The molecular formula is C26H24NO3+. The zero-order valence-electron chi connectivity index (χ0n) is 17.1. The highest BCUT2D eigenvalue weighted by Gasteiger charge is 2.29. The summed E-state index contributed by atoms with van der Waals surface area (Å²) in [6.07, 6.45) is 0. The maximum atomic E-state index is 12.3. The number of aryl methyl sites for hydroxylation is 1. The first-order valence-electron chi connectivity index (χ1n) is 10.3. The van der Waals surface area contributed by atoms with Gasteiger partial charge in [-0.05, 0) is 31.0 Å². The van der Waals surface area contributed by atoms with Gasteiger partial charge in [0.15, 0.2) is 0 Å². The fourth-order valence-electron chi connectivity index (χ4n) is 4.41. The van der Waals surface area contributed by atoms with Crippen LogP contribution in [-0.4, -0.2) is 6.73 Å². The van der Waals surface area contributed by atoms with Crippen molar-refractivity contribution in [2.24, 2.45) is 0 Å². The van der Waals surface area contributed by atoms with Crippen LogP contribution in [0.3, 0.4) is 0 Å². The van der Waals surface area contributed by atoms with Gasteiger partial charge >= 0.3 is 5.63 Å². The zero-order chi connectivity index (χ0) is 20.7. The smallest absolute Gasteiger partial charge is 0.336 e. The third kappa shape index (κ3) is 3.19. The summed E-state index contributed by atoms with van der Waals surface area (Å²) in [5, 5.41) is 0.953. The molecule has 0 radical (unpaired) electrons. The minimum atomic E-state index is -0.342. The van der Waals surface area contributed by atoms with Gasteiger partial charge in [0.05, 0.1) is 0 Å². The Hall–Kier alpha value is -3.37. The Balaban J connectivity index is 1.62. The Morgan fingerprint density at radius 1 is 0.967 bits per heavy atom. The molecule has 0 bridgehead atoms. The predicted molar refractivity (Wildman–Crippen MR) is 118 cm³/mol. The van der Waals surface area contributed by atoms with Gasteiger partial charge in [0.2, 0.25) is 6.73 Å². The van der Waals surface area contributed by atoms with Crippen LogP contribution in [-0.2, 0) is 6.54 Å². The molecule has 1 aliphatic heterocycles. The lowest BCUT2D eigenvalue weighted by Crippen LogP contribution is -3.12. The molecule has 4 nitrogen and oxygen atoms in total. The summed E-state index contributed by atoms with van der Waals surface area (Å²) >= 11 is 0. The molecule has 1 N–H and O–H groups in total. The summed E-state index contributed by atoms with van der Waals surface area (Å²) in [6.45, 7) is 5.65. The maximum Gasteiger partial charge on any atom is 0.336 e. The van der Waals surface area contributed by atoms with Gasteiger partial charge in [-0.3, -0.25) is 4.90 Å². The molecule has 5 rings (SSSR count). The molecule has 1 unspecified atom stereocenters. The van der Waals surface area contributed by atoms with Crippen molar-refractivity contribution in [3.63, 3.8) is 0 Å². The second-order valence-corrected chi connectivity index (χ2v) is 7.97. The lowest BCUT2D eigenvalue weighted by molar-refractivity contribution is -0.960. The van der Waals surface area contributed by atoms with E-state index in [2.05, 4.69) is 37.3 Å². The largest absolute Gasteiger partial charge is 0.444 e. The molecule has 3 aromatic carbocycles. The minimum absolute atomic E-state index is 0.317. The number of nitrogens with one attached hydrogen (secondary N) is 1. The van der Waals surface area contributed by atoms with E-state index in [-0.39, 0.29) is 5.63 Å². The first-order valence-corrected chi connectivity index (χ1v) is 10.3. The van der Waals surface area contributed by atoms with Crippen LogP contribution < -0.4 is 15.3 Å². The summed E-state index contributed by atoms with van der Waals surface area (Å²) in [5.74, 6) is 0.847. The number of fused-ring (bicyclic) bond motifs is 2. The van der Waals surface area contributed by atoms with E-state index < -0.39 is 0 Å². The SMILES string of the molecule is Cc1c2c(cc3c(-c4ccccc4)cc(=O)oc13)C[NH+]([C@H](C)c1ccccc1)CO2. The first kappa shape index (κ1) is 18.6. The third-order valence-corrected chi connectivity index (χ3v) is 6.11. The van der Waals surface area contributed by atoms with Crippen LogP contribution in [0.25, 0.3) is 22.1 Å². The van der Waals surface area contributed by atoms with E-state index in [4.69, 9.17) is 9.15 Å². The van der Waals surface area contributed by atoms with Crippen molar-refractivity contribution in [1.82, 2.24) is 0 Å². The molecule has 2 heterocycles. The summed E-state index contributed by atoms with van der Waals surface area (Å²) in [6, 6.07) is 24.6. The standard InChI is InChI=1S/C26H23NO3/c1-17-25-21(15-27(16-29-25)18(2)19-9-5-3-6-10-19)13-23-22(14-24(28)30-26(17)23)20-11-7-4-8-12-20/h3-14,18H,15-16H2,1-2H3/p+1/t18-/m1/s1. The van der Waals surface area contributed by atoms with Gasteiger partial charge in [-0.2, -0.15) is 0 Å². The Morgan fingerprint density at radius 3 is 2.40 bits per heavy atom. The molecule has 4 heteroatoms. The lowest BCUT2D eigenvalue weighted by atomic mass is 9.96. The van der Waals surface area contributed by atoms with Crippen molar-refractivity contribution < 1.29 is 14.1 Å². The van der Waals surface area contributed by atoms with Crippen molar-refractivity contribution in [2.75, 3.05) is 6.73 Å². The van der Waals surface area contributed by atoms with E-state index >= 15 is 0 Å². The van der Waals surface area contributed by atoms with Crippen molar-refractivity contribution in [1.29, 1.82) is 0 Å². The van der Waals surface area contributed by atoms with Crippen molar-refractivity contribution in [3.05, 3.63) is 99.9 Å². The topological polar surface area (TPSA) is 43.9 Å². The number of quaternary nitrogens is 1. The van der Waals surface area contributed by atoms with Crippen LogP contribution in [0.15, 0.2) is 82.0 Å². The molecule has 150 valence electrons. The van der Waals surface area contributed by atoms with Gasteiger partial charge in [0.25, 0.3) is 0 Å². The van der Waals surface area contributed by atoms with Crippen LogP contribution in [0.5, 0.6) is 5.75 Å². The Kier molecular flexibility index (Phi) is 4.64. The van der Waals surface area contributed by atoms with E-state index in [0.29, 0.717) is 18.4 Å². The molecule has 0 saturated carbocycles. The Morgan fingerprint density at radius 2 is 1.67 bits per heavy atom. The van der Waals surface area contributed by atoms with Crippen LogP contribution in [0.4, 0.5) is 0 Å². The average Bonchev–Trinajstić information content (AvgIpc) is 2.79. The van der Waals surface area contributed by atoms with Crippen molar-refractivity contribution in [2.45, 2.75) is 26.4 Å². The highest BCUT2D eigenvalue weighted by Crippen LogP contribution is 2.36. The van der Waals surface area contributed by atoms with Gasteiger partial charge < -0.3 is 9.15 Å². The van der Waals surface area contributed by atoms with Crippen LogP contribution in [0, 0.1) is 6.92 Å². The van der Waals surface area contributed by atoms with Crippen LogP contribution in [0.1, 0.15) is 29.7 Å². The molecule has 4 aromatic rings. The Labute approximate surface area is 175 Å². The number of hydrogen-bond donors (Lipinski definition) is 1. The second kappa shape index (κ2) is 7.47. The average molecular weight is 398 g/mol. The summed E-state index contributed by atoms with van der Waals surface area (Å²) < 4.78 is 11.8. The predicted octanol–water partition coefficient (Wildman–Crippen LogP) is 4.26. The maximum absolute atomic E-state index is 12.3. The molecule has 0 saturated heterocycles. The molecule has 2 atom stereocenters. The summed E-state index contributed by atoms with van der Waals surface area (Å²) in [7, 11) is 0. The quantitative estimate of drug-likeness (QED) is 0.525. The van der Waals surface area contributed by atoms with Gasteiger partial charge in [0, 0.05) is 28.1 Å². The third-order valence-electron chi connectivity index (χ3n) is 6.11. The molecule has 1 aromatic heterocycles. The first-order chi connectivity index (χ1) is 14.6. The highest BCUT2D eigenvalue weighted by atomic mass is 16.5. The summed E-state index contributed by atoms with van der Waals surface area (Å²) in [4.78, 5) is 13.6. The molecular weight excluding hydrogens is 374 g/mol. The van der Waals surface area contributed by atoms with E-state index in [9.17, 15) is 4.79 Å². The zero-order valence-corrected chi connectivity index (χ0v) is 17.1. The van der Waals surface area contributed by atoms with Gasteiger partial charge in [-0.25, -0.2) is 4.79 Å². The number of benzene rings is 3. The van der Waals surface area contributed by atoms with Crippen molar-refractivity contribution in [3.8, 4) is 16.9 Å². The fraction of sp³-hybridized carbons (Fsp3) is 0.192. The lowest BCUT2D eigenvalue weighted by Gasteiger charge is -2.31. The molecule has 1 aliphatic rings. The van der Waals surface area contributed by atoms with Crippen LogP contribution in [0.2, 0.25) is 0 Å². The number of ether oxygens (including phenoxy) is 1. The number of hydrogen-bond acceptors (Lipinski definition) is 3. The summed E-state index contributed by atoms with van der Waals surface area (Å²) in [5.41, 5.74) is 5.51. The molecule has 0 amide bonds. The molecule has 0 fully saturated rings.